The predicted molar refractivity (Wildman–Crippen MR) is 193 cm³/mol. The van der Waals surface area contributed by atoms with Gasteiger partial charge >= 0.3 is 5.97 Å². The Morgan fingerprint density at radius 1 is 0.915 bits per heavy atom. The molecule has 7 heteroatoms. The van der Waals surface area contributed by atoms with Crippen LogP contribution in [0.25, 0.3) is 0 Å². The highest BCUT2D eigenvalue weighted by molar-refractivity contribution is 6.74. The van der Waals surface area contributed by atoms with Crippen molar-refractivity contribution in [2.75, 3.05) is 19.7 Å². The third-order valence-corrected chi connectivity index (χ3v) is 14.4. The zero-order valence-electron chi connectivity index (χ0n) is 29.0. The Balaban J connectivity index is 1.54. The predicted octanol–water partition coefficient (Wildman–Crippen LogP) is 8.39. The first kappa shape index (κ1) is 34.5. The van der Waals surface area contributed by atoms with Crippen LogP contribution in [0.3, 0.4) is 0 Å². The van der Waals surface area contributed by atoms with Crippen molar-refractivity contribution >= 4 is 14.3 Å². The second kappa shape index (κ2) is 15.0. The summed E-state index contributed by atoms with van der Waals surface area (Å²) >= 11 is 0. The van der Waals surface area contributed by atoms with Gasteiger partial charge in [0, 0.05) is 25.7 Å². The van der Waals surface area contributed by atoms with Crippen molar-refractivity contribution in [2.24, 2.45) is 0 Å². The average molecular weight is 650 g/mol. The molecule has 5 rings (SSSR count). The van der Waals surface area contributed by atoms with Gasteiger partial charge in [-0.1, -0.05) is 118 Å². The van der Waals surface area contributed by atoms with E-state index in [1.54, 1.807) is 0 Å². The maximum Gasteiger partial charge on any atom is 0.306 e. The van der Waals surface area contributed by atoms with Gasteiger partial charge in [0.2, 0.25) is 0 Å². The Labute approximate surface area is 282 Å². The lowest BCUT2D eigenvalue weighted by molar-refractivity contribution is -0.143. The summed E-state index contributed by atoms with van der Waals surface area (Å²) in [6.45, 7) is 16.1. The van der Waals surface area contributed by atoms with Crippen molar-refractivity contribution in [1.29, 1.82) is 0 Å². The van der Waals surface area contributed by atoms with Crippen molar-refractivity contribution in [1.82, 2.24) is 14.7 Å². The molecule has 1 aliphatic rings. The van der Waals surface area contributed by atoms with Gasteiger partial charge in [-0.2, -0.15) is 5.10 Å². The minimum absolute atomic E-state index is 0.0333. The molecule has 0 radical (unpaired) electrons. The summed E-state index contributed by atoms with van der Waals surface area (Å²) in [6, 6.07) is 32.8. The molecule has 1 aromatic heterocycles. The summed E-state index contributed by atoms with van der Waals surface area (Å²) in [5.41, 5.74) is 5.58. The molecule has 0 aliphatic carbocycles. The molecule has 6 nitrogen and oxygen atoms in total. The molecule has 1 aliphatic heterocycles. The molecule has 0 saturated carbocycles. The molecule has 248 valence electrons. The standard InChI is InChI=1S/C40H51N3O3Si/c1-7-45-38(44)24-23-32-29-41-43(30-32)28-25-33-31-42(27-26-37(33)46-47(5,6)39(2,3)4)40(34-17-11-8-12-18-34,35-19-13-9-14-20-35)36-21-15-10-16-22-36/h8-22,25,29-30,37H,7,23-24,26-28,31H2,1-6H3/b33-25-. The number of nitrogens with zero attached hydrogens (tertiary/aromatic N) is 3. The van der Waals surface area contributed by atoms with E-state index >= 15 is 0 Å². The number of aromatic nitrogens is 2. The molecule has 0 N–H and O–H groups in total. The maximum atomic E-state index is 11.9. The van der Waals surface area contributed by atoms with Crippen LogP contribution in [0.2, 0.25) is 18.1 Å². The zero-order valence-corrected chi connectivity index (χ0v) is 30.0. The highest BCUT2D eigenvalue weighted by atomic mass is 28.4. The van der Waals surface area contributed by atoms with Crippen LogP contribution in [-0.4, -0.2) is 54.8 Å². The molecular formula is C40H51N3O3Si. The van der Waals surface area contributed by atoms with Gasteiger partial charge in [-0.05, 0) is 65.7 Å². The summed E-state index contributed by atoms with van der Waals surface area (Å²) in [7, 11) is -2.05. The molecule has 4 aromatic rings. The number of piperidine rings is 1. The van der Waals surface area contributed by atoms with Crippen LogP contribution in [0.4, 0.5) is 0 Å². The third-order valence-electron chi connectivity index (χ3n) is 9.89. The van der Waals surface area contributed by atoms with Gasteiger partial charge in [-0.3, -0.25) is 14.4 Å². The van der Waals surface area contributed by atoms with E-state index in [0.717, 1.165) is 25.1 Å². The van der Waals surface area contributed by atoms with E-state index in [4.69, 9.17) is 9.16 Å². The van der Waals surface area contributed by atoms with E-state index < -0.39 is 13.9 Å². The molecule has 1 saturated heterocycles. The largest absolute Gasteiger partial charge is 0.466 e. The Hall–Kier alpha value is -3.78. The second-order valence-corrected chi connectivity index (χ2v) is 18.8. The SMILES string of the molecule is CCOC(=O)CCc1cnn(C/C=C2/CN(C(c3ccccc3)(c3ccccc3)c3ccccc3)CCC2O[Si](C)(C)C(C)(C)C)c1. The number of likely N-dealkylation sites (tertiary alicyclic amines) is 1. The highest BCUT2D eigenvalue weighted by Crippen LogP contribution is 2.45. The smallest absolute Gasteiger partial charge is 0.306 e. The number of hydrogen-bond donors (Lipinski definition) is 0. The van der Waals surface area contributed by atoms with Gasteiger partial charge in [0.1, 0.15) is 0 Å². The molecule has 1 unspecified atom stereocenters. The number of carbonyl (C=O) groups excluding carboxylic acids is 1. The second-order valence-electron chi connectivity index (χ2n) is 14.0. The molecule has 2 heterocycles. The van der Waals surface area contributed by atoms with Crippen LogP contribution in [0.1, 0.15) is 62.8 Å². The van der Waals surface area contributed by atoms with E-state index in [0.29, 0.717) is 26.0 Å². The summed E-state index contributed by atoms with van der Waals surface area (Å²) in [5.74, 6) is -0.172. The molecule has 1 atom stereocenters. The third kappa shape index (κ3) is 7.86. The van der Waals surface area contributed by atoms with Crippen LogP contribution < -0.4 is 0 Å². The lowest BCUT2D eigenvalue weighted by Gasteiger charge is -2.50. The molecule has 3 aromatic carbocycles. The summed E-state index contributed by atoms with van der Waals surface area (Å²) in [6.07, 6.45) is 8.15. The van der Waals surface area contributed by atoms with Gasteiger partial charge in [-0.15, -0.1) is 0 Å². The van der Waals surface area contributed by atoms with Gasteiger partial charge in [0.05, 0.1) is 31.0 Å². The van der Waals surface area contributed by atoms with Gasteiger partial charge in [0.25, 0.3) is 0 Å². The van der Waals surface area contributed by atoms with Crippen molar-refractivity contribution < 1.29 is 14.0 Å². The fourth-order valence-corrected chi connectivity index (χ4v) is 7.75. The first-order chi connectivity index (χ1) is 22.5. The van der Waals surface area contributed by atoms with Crippen molar-refractivity contribution in [3.05, 3.63) is 137 Å². The average Bonchev–Trinajstić information content (AvgIpc) is 3.53. The quantitative estimate of drug-likeness (QED) is 0.0668. The fraction of sp³-hybridized carbons (Fsp3) is 0.400. The molecule has 0 bridgehead atoms. The van der Waals surface area contributed by atoms with E-state index in [1.165, 1.54) is 22.3 Å². The van der Waals surface area contributed by atoms with E-state index in [1.807, 2.05) is 24.0 Å². The topological polar surface area (TPSA) is 56.6 Å². The minimum atomic E-state index is -2.05. The van der Waals surface area contributed by atoms with E-state index in [2.05, 4.69) is 141 Å². The van der Waals surface area contributed by atoms with Crippen LogP contribution in [-0.2, 0) is 32.5 Å². The molecule has 0 spiro atoms. The van der Waals surface area contributed by atoms with Crippen LogP contribution >= 0.6 is 0 Å². The Morgan fingerprint density at radius 2 is 1.47 bits per heavy atom. The fourth-order valence-electron chi connectivity index (χ4n) is 6.42. The first-order valence-electron chi connectivity index (χ1n) is 17.0. The van der Waals surface area contributed by atoms with E-state index in [-0.39, 0.29) is 17.1 Å². The minimum Gasteiger partial charge on any atom is -0.466 e. The maximum absolute atomic E-state index is 11.9. The van der Waals surface area contributed by atoms with Gasteiger partial charge < -0.3 is 9.16 Å². The van der Waals surface area contributed by atoms with Crippen LogP contribution in [0, 0.1) is 0 Å². The van der Waals surface area contributed by atoms with Crippen LogP contribution in [0.5, 0.6) is 0 Å². The Bertz CT molecular complexity index is 1510. The first-order valence-corrected chi connectivity index (χ1v) is 19.9. The van der Waals surface area contributed by atoms with Crippen LogP contribution in [0.15, 0.2) is 115 Å². The van der Waals surface area contributed by atoms with E-state index in [9.17, 15) is 4.79 Å². The van der Waals surface area contributed by atoms with Gasteiger partial charge in [0.15, 0.2) is 8.32 Å². The van der Waals surface area contributed by atoms with Gasteiger partial charge in [-0.25, -0.2) is 0 Å². The van der Waals surface area contributed by atoms with Crippen molar-refractivity contribution in [3.63, 3.8) is 0 Å². The number of hydrogen-bond acceptors (Lipinski definition) is 5. The number of benzene rings is 3. The normalized spacial score (nSPS) is 17.1. The Kier molecular flexibility index (Phi) is 11.0. The lowest BCUT2D eigenvalue weighted by Crippen LogP contribution is -2.55. The summed E-state index contributed by atoms with van der Waals surface area (Å²) in [5, 5.41) is 4.75. The summed E-state index contributed by atoms with van der Waals surface area (Å²) < 4.78 is 14.3. The Morgan fingerprint density at radius 3 is 1.98 bits per heavy atom. The zero-order chi connectivity index (χ0) is 33.5. The number of aryl methyl sites for hydroxylation is 1. The lowest BCUT2D eigenvalue weighted by atomic mass is 9.74. The monoisotopic (exact) mass is 649 g/mol. The molecule has 47 heavy (non-hydrogen) atoms. The number of carbonyl (C=O) groups is 1. The number of rotatable bonds is 12. The number of allylic oxidation sites excluding steroid dienone is 1. The molecule has 1 fully saturated rings. The van der Waals surface area contributed by atoms with Crippen molar-refractivity contribution in [3.8, 4) is 0 Å². The highest BCUT2D eigenvalue weighted by Gasteiger charge is 2.46. The van der Waals surface area contributed by atoms with Crippen molar-refractivity contribution in [2.45, 2.75) is 83.3 Å². The summed E-state index contributed by atoms with van der Waals surface area (Å²) in [4.78, 5) is 14.6. The molecular weight excluding hydrogens is 599 g/mol. The number of ether oxygens (including phenoxy) is 1. The molecule has 0 amide bonds. The number of esters is 1.